The minimum Gasteiger partial charge on any atom is -0.466 e. The van der Waals surface area contributed by atoms with E-state index in [-0.39, 0.29) is 12.3 Å². The normalized spacial score (nSPS) is 34.0. The summed E-state index contributed by atoms with van der Waals surface area (Å²) in [4.78, 5) is 24.9. The molecule has 1 fully saturated rings. The van der Waals surface area contributed by atoms with Crippen molar-refractivity contribution in [2.45, 2.75) is 50.1 Å². The molecular formula is C21H27NO7. The summed E-state index contributed by atoms with van der Waals surface area (Å²) in [5.74, 6) is -3.21. The van der Waals surface area contributed by atoms with Gasteiger partial charge in [0.05, 0.1) is 19.3 Å². The molecule has 1 aliphatic carbocycles. The molecule has 1 N–H and O–H groups in total. The van der Waals surface area contributed by atoms with E-state index in [1.54, 1.807) is 44.2 Å². The summed E-state index contributed by atoms with van der Waals surface area (Å²) >= 11 is 0. The van der Waals surface area contributed by atoms with Gasteiger partial charge in [0.2, 0.25) is 11.6 Å². The van der Waals surface area contributed by atoms with Crippen molar-refractivity contribution in [3.05, 3.63) is 47.5 Å². The van der Waals surface area contributed by atoms with E-state index in [1.807, 2.05) is 6.07 Å². The average molecular weight is 405 g/mol. The number of carbonyl (C=O) groups excluding carboxylic acids is 2. The summed E-state index contributed by atoms with van der Waals surface area (Å²) in [5, 5.41) is 2.93. The maximum Gasteiger partial charge on any atom is 0.333 e. The molecule has 0 unspecified atom stereocenters. The molecule has 5 atom stereocenters. The zero-order valence-electron chi connectivity index (χ0n) is 17.3. The van der Waals surface area contributed by atoms with Crippen molar-refractivity contribution in [3.63, 3.8) is 0 Å². The van der Waals surface area contributed by atoms with Crippen molar-refractivity contribution in [1.29, 1.82) is 0 Å². The van der Waals surface area contributed by atoms with E-state index in [9.17, 15) is 9.59 Å². The van der Waals surface area contributed by atoms with E-state index in [2.05, 4.69) is 5.32 Å². The van der Waals surface area contributed by atoms with Crippen molar-refractivity contribution in [1.82, 2.24) is 5.32 Å². The quantitative estimate of drug-likeness (QED) is 0.747. The summed E-state index contributed by atoms with van der Waals surface area (Å²) in [6.45, 7) is 3.42. The number of methoxy groups -OCH3 is 3. The Bertz CT molecular complexity index is 795. The van der Waals surface area contributed by atoms with E-state index in [1.165, 1.54) is 21.3 Å². The van der Waals surface area contributed by atoms with Crippen molar-refractivity contribution >= 4 is 11.9 Å². The second-order valence-electron chi connectivity index (χ2n) is 7.29. The van der Waals surface area contributed by atoms with Crippen molar-refractivity contribution < 1.29 is 33.3 Å². The molecule has 1 aromatic carbocycles. The van der Waals surface area contributed by atoms with Crippen LogP contribution in [0.1, 0.15) is 30.6 Å². The molecule has 1 aliphatic heterocycles. The Labute approximate surface area is 170 Å². The number of fused-ring (bicyclic) bond motifs is 1. The molecule has 3 rings (SSSR count). The lowest BCUT2D eigenvalue weighted by atomic mass is 9.87. The van der Waals surface area contributed by atoms with Crippen LogP contribution in [0.15, 0.2) is 42.0 Å². The maximum atomic E-state index is 12.7. The summed E-state index contributed by atoms with van der Waals surface area (Å²) in [7, 11) is 4.30. The van der Waals surface area contributed by atoms with Gasteiger partial charge in [0.25, 0.3) is 5.91 Å². The van der Waals surface area contributed by atoms with E-state index in [0.717, 1.165) is 0 Å². The highest BCUT2D eigenvalue weighted by Crippen LogP contribution is 2.43. The number of hydrogen-bond donors (Lipinski definition) is 1. The predicted molar refractivity (Wildman–Crippen MR) is 103 cm³/mol. The van der Waals surface area contributed by atoms with Gasteiger partial charge in [-0.05, 0) is 32.1 Å². The Balaban J connectivity index is 1.94. The van der Waals surface area contributed by atoms with Gasteiger partial charge in [-0.1, -0.05) is 18.2 Å². The lowest BCUT2D eigenvalue weighted by molar-refractivity contribution is -0.449. The van der Waals surface area contributed by atoms with Crippen LogP contribution in [-0.4, -0.2) is 63.0 Å². The number of rotatable bonds is 5. The fraction of sp³-hybridized carbons (Fsp3) is 0.524. The first-order valence-electron chi connectivity index (χ1n) is 9.37. The Hall–Kier alpha value is -2.26. The Kier molecular flexibility index (Phi) is 6.09. The molecule has 0 saturated carbocycles. The number of ether oxygens (including phenoxy) is 5. The molecule has 0 aromatic heterocycles. The first-order chi connectivity index (χ1) is 13.8. The molecule has 2 aliphatic rings. The van der Waals surface area contributed by atoms with Crippen LogP contribution < -0.4 is 5.32 Å². The maximum absolute atomic E-state index is 12.7. The molecule has 158 valence electrons. The monoisotopic (exact) mass is 405 g/mol. The van der Waals surface area contributed by atoms with E-state index in [4.69, 9.17) is 23.7 Å². The molecule has 8 nitrogen and oxygen atoms in total. The van der Waals surface area contributed by atoms with Gasteiger partial charge in [-0.3, -0.25) is 4.79 Å². The molecule has 1 saturated heterocycles. The summed E-state index contributed by atoms with van der Waals surface area (Å²) < 4.78 is 28.5. The van der Waals surface area contributed by atoms with Crippen LogP contribution in [0.2, 0.25) is 0 Å². The number of amides is 1. The highest BCUT2D eigenvalue weighted by atomic mass is 16.8. The molecular weight excluding hydrogens is 378 g/mol. The van der Waals surface area contributed by atoms with E-state index >= 15 is 0 Å². The van der Waals surface area contributed by atoms with Gasteiger partial charge in [0, 0.05) is 31.8 Å². The largest absolute Gasteiger partial charge is 0.466 e. The van der Waals surface area contributed by atoms with Gasteiger partial charge >= 0.3 is 5.97 Å². The van der Waals surface area contributed by atoms with Crippen LogP contribution in [0, 0.1) is 0 Å². The number of benzene rings is 1. The van der Waals surface area contributed by atoms with Gasteiger partial charge in [-0.15, -0.1) is 0 Å². The van der Waals surface area contributed by atoms with Gasteiger partial charge in [0.1, 0.15) is 6.10 Å². The van der Waals surface area contributed by atoms with Crippen LogP contribution in [0.25, 0.3) is 0 Å². The Morgan fingerprint density at radius 3 is 2.24 bits per heavy atom. The van der Waals surface area contributed by atoms with Crippen LogP contribution in [-0.2, 0) is 28.5 Å². The molecule has 1 amide bonds. The van der Waals surface area contributed by atoms with Crippen LogP contribution >= 0.6 is 0 Å². The smallest absolute Gasteiger partial charge is 0.333 e. The van der Waals surface area contributed by atoms with Crippen molar-refractivity contribution in [2.24, 2.45) is 0 Å². The summed E-state index contributed by atoms with van der Waals surface area (Å²) in [6, 6.07) is 8.17. The molecule has 0 bridgehead atoms. The molecule has 1 aromatic rings. The van der Waals surface area contributed by atoms with Crippen LogP contribution in [0.5, 0.6) is 0 Å². The zero-order valence-corrected chi connectivity index (χ0v) is 17.3. The second kappa shape index (κ2) is 8.23. The molecule has 0 spiro atoms. The first kappa shape index (κ1) is 21.4. The third kappa shape index (κ3) is 3.93. The number of nitrogens with one attached hydrogen (secondary N) is 1. The Morgan fingerprint density at radius 2 is 1.66 bits per heavy atom. The topological polar surface area (TPSA) is 92.3 Å². The van der Waals surface area contributed by atoms with Crippen molar-refractivity contribution in [2.75, 3.05) is 21.3 Å². The van der Waals surface area contributed by atoms with Gasteiger partial charge in [-0.2, -0.15) is 0 Å². The fourth-order valence-electron chi connectivity index (χ4n) is 3.66. The molecule has 8 heteroatoms. The first-order valence-corrected chi connectivity index (χ1v) is 9.37. The third-order valence-corrected chi connectivity index (χ3v) is 5.64. The molecule has 1 heterocycles. The number of esters is 1. The third-order valence-electron chi connectivity index (χ3n) is 5.64. The van der Waals surface area contributed by atoms with Gasteiger partial charge in [0.15, 0.2) is 0 Å². The number of carbonyl (C=O) groups is 2. The summed E-state index contributed by atoms with van der Waals surface area (Å²) in [5.41, 5.74) is 0.894. The molecule has 29 heavy (non-hydrogen) atoms. The van der Waals surface area contributed by atoms with Gasteiger partial charge in [-0.25, -0.2) is 4.79 Å². The van der Waals surface area contributed by atoms with Crippen molar-refractivity contribution in [3.8, 4) is 0 Å². The minimum atomic E-state index is -1.23. The van der Waals surface area contributed by atoms with Crippen LogP contribution in [0.3, 0.4) is 0 Å². The number of hydrogen-bond acceptors (Lipinski definition) is 7. The van der Waals surface area contributed by atoms with E-state index in [0.29, 0.717) is 11.1 Å². The second-order valence-corrected chi connectivity index (χ2v) is 7.29. The van der Waals surface area contributed by atoms with E-state index < -0.39 is 35.8 Å². The predicted octanol–water partition coefficient (Wildman–Crippen LogP) is 1.80. The lowest BCUT2D eigenvalue weighted by Gasteiger charge is -2.54. The minimum absolute atomic E-state index is 0.258. The molecule has 0 radical (unpaired) electrons. The average Bonchev–Trinajstić information content (AvgIpc) is 2.74. The van der Waals surface area contributed by atoms with Gasteiger partial charge < -0.3 is 29.0 Å². The summed E-state index contributed by atoms with van der Waals surface area (Å²) in [6.07, 6.45) is 0.767. The SMILES string of the molecule is COC(=O)C1=C[C@@H](NC(=O)c2ccccc2)[C@H]2O[C@](C)(OC)[C@@](C)(OC)O[C@@H]2C1. The highest BCUT2D eigenvalue weighted by Gasteiger charge is 2.59. The Morgan fingerprint density at radius 1 is 1.03 bits per heavy atom. The fourth-order valence-corrected chi connectivity index (χ4v) is 3.66. The van der Waals surface area contributed by atoms with Crippen LogP contribution in [0.4, 0.5) is 0 Å². The standard InChI is InChI=1S/C21H27NO7/c1-20(26-4)21(2,27-5)29-17-15(22-18(23)13-9-7-6-8-10-13)11-14(19(24)25-3)12-16(17)28-20/h6-11,15-17H,12H2,1-5H3,(H,22,23)/t15-,16-,17-,20+,21+/m1/s1. The lowest BCUT2D eigenvalue weighted by Crippen LogP contribution is -2.69. The highest BCUT2D eigenvalue weighted by molar-refractivity contribution is 5.95. The zero-order chi connectivity index (χ0) is 21.2.